The highest BCUT2D eigenvalue weighted by molar-refractivity contribution is 5.91. The van der Waals surface area contributed by atoms with Crippen molar-refractivity contribution < 1.29 is 9.59 Å². The lowest BCUT2D eigenvalue weighted by atomic mass is 9.93. The summed E-state index contributed by atoms with van der Waals surface area (Å²) in [4.78, 5) is 25.1. The van der Waals surface area contributed by atoms with E-state index in [0.717, 1.165) is 24.1 Å². The van der Waals surface area contributed by atoms with E-state index in [4.69, 9.17) is 5.73 Å². The molecule has 0 saturated carbocycles. The molecule has 25 heavy (non-hydrogen) atoms. The van der Waals surface area contributed by atoms with Crippen molar-refractivity contribution in [2.75, 3.05) is 13.1 Å². The summed E-state index contributed by atoms with van der Waals surface area (Å²) in [6.07, 6.45) is 9.05. The van der Waals surface area contributed by atoms with Crippen LogP contribution in [-0.2, 0) is 9.59 Å². The van der Waals surface area contributed by atoms with Gasteiger partial charge in [-0.25, -0.2) is 4.68 Å². The Morgan fingerprint density at radius 2 is 1.92 bits per heavy atom. The van der Waals surface area contributed by atoms with Gasteiger partial charge in [-0.15, -0.1) is 0 Å². The summed E-state index contributed by atoms with van der Waals surface area (Å²) in [6.45, 7) is 1.34. The van der Waals surface area contributed by atoms with E-state index in [0.29, 0.717) is 25.4 Å². The highest BCUT2D eigenvalue weighted by atomic mass is 16.2. The third kappa shape index (κ3) is 4.56. The van der Waals surface area contributed by atoms with Crippen molar-refractivity contribution in [3.05, 3.63) is 54.4 Å². The molecule has 6 nitrogen and oxygen atoms in total. The number of nitrogens with zero attached hydrogens (tertiary/aromatic N) is 3. The number of carbonyl (C=O) groups is 2. The summed E-state index contributed by atoms with van der Waals surface area (Å²) in [7, 11) is 0. The van der Waals surface area contributed by atoms with Crippen LogP contribution < -0.4 is 5.73 Å². The number of primary amides is 1. The smallest absolute Gasteiger partial charge is 0.246 e. The van der Waals surface area contributed by atoms with Gasteiger partial charge in [0, 0.05) is 37.3 Å². The molecule has 130 valence electrons. The Bertz CT molecular complexity index is 759. The second-order valence-electron chi connectivity index (χ2n) is 6.33. The minimum Gasteiger partial charge on any atom is -0.370 e. The number of aromatic nitrogens is 2. The SMILES string of the molecule is NC(=O)CC1CCN(C(=O)/C=C\c2cnn(-c3ccccc3)c2)CC1. The molecule has 6 heteroatoms. The van der Waals surface area contributed by atoms with Gasteiger partial charge in [0.15, 0.2) is 0 Å². The topological polar surface area (TPSA) is 81.2 Å². The lowest BCUT2D eigenvalue weighted by Crippen LogP contribution is -2.38. The molecule has 0 atom stereocenters. The maximum absolute atomic E-state index is 12.3. The van der Waals surface area contributed by atoms with Crippen LogP contribution in [0.15, 0.2) is 48.8 Å². The molecular weight excluding hydrogens is 316 g/mol. The molecule has 0 unspecified atom stereocenters. The number of hydrogen-bond donors (Lipinski definition) is 1. The minimum atomic E-state index is -0.264. The van der Waals surface area contributed by atoms with E-state index in [2.05, 4.69) is 5.10 Å². The molecule has 1 saturated heterocycles. The number of piperidine rings is 1. The number of likely N-dealkylation sites (tertiary alicyclic amines) is 1. The second-order valence-corrected chi connectivity index (χ2v) is 6.33. The van der Waals surface area contributed by atoms with E-state index in [9.17, 15) is 9.59 Å². The lowest BCUT2D eigenvalue weighted by molar-refractivity contribution is -0.127. The number of benzene rings is 1. The molecule has 0 radical (unpaired) electrons. The predicted octanol–water partition coefficient (Wildman–Crippen LogP) is 2.00. The first-order chi connectivity index (χ1) is 12.1. The Balaban J connectivity index is 1.55. The highest BCUT2D eigenvalue weighted by Gasteiger charge is 2.22. The molecule has 1 aliphatic heterocycles. The maximum atomic E-state index is 12.3. The quantitative estimate of drug-likeness (QED) is 0.847. The predicted molar refractivity (Wildman–Crippen MR) is 95.7 cm³/mol. The molecule has 3 rings (SSSR count). The number of carbonyl (C=O) groups excluding carboxylic acids is 2. The Morgan fingerprint density at radius 1 is 1.20 bits per heavy atom. The van der Waals surface area contributed by atoms with Gasteiger partial charge in [-0.05, 0) is 37.0 Å². The number of rotatable bonds is 5. The van der Waals surface area contributed by atoms with Gasteiger partial charge in [0.25, 0.3) is 0 Å². The first kappa shape index (κ1) is 17.0. The molecule has 1 aromatic heterocycles. The molecular formula is C19H22N4O2. The summed E-state index contributed by atoms with van der Waals surface area (Å²) >= 11 is 0. The second kappa shape index (κ2) is 7.79. The minimum absolute atomic E-state index is 0.00927. The normalized spacial score (nSPS) is 15.6. The molecule has 2 aromatic rings. The van der Waals surface area contributed by atoms with Crippen molar-refractivity contribution in [3.8, 4) is 5.69 Å². The first-order valence-corrected chi connectivity index (χ1v) is 8.47. The van der Waals surface area contributed by atoms with E-state index in [1.165, 1.54) is 0 Å². The molecule has 1 fully saturated rings. The van der Waals surface area contributed by atoms with Gasteiger partial charge in [-0.3, -0.25) is 9.59 Å². The van der Waals surface area contributed by atoms with Gasteiger partial charge < -0.3 is 10.6 Å². The Hall–Kier alpha value is -2.89. The average Bonchev–Trinajstić information content (AvgIpc) is 3.10. The zero-order valence-corrected chi connectivity index (χ0v) is 14.0. The number of para-hydroxylation sites is 1. The van der Waals surface area contributed by atoms with Crippen LogP contribution in [0.2, 0.25) is 0 Å². The molecule has 0 bridgehead atoms. The summed E-state index contributed by atoms with van der Waals surface area (Å²) in [5, 5.41) is 4.31. The Labute approximate surface area is 146 Å². The number of hydrogen-bond acceptors (Lipinski definition) is 3. The lowest BCUT2D eigenvalue weighted by Gasteiger charge is -2.30. The third-order valence-electron chi connectivity index (χ3n) is 4.46. The van der Waals surface area contributed by atoms with Crippen molar-refractivity contribution in [3.63, 3.8) is 0 Å². The van der Waals surface area contributed by atoms with E-state index >= 15 is 0 Å². The van der Waals surface area contributed by atoms with Crippen molar-refractivity contribution in [2.24, 2.45) is 11.7 Å². The van der Waals surface area contributed by atoms with Crippen LogP contribution in [0, 0.1) is 5.92 Å². The number of amides is 2. The van der Waals surface area contributed by atoms with Gasteiger partial charge >= 0.3 is 0 Å². The van der Waals surface area contributed by atoms with Gasteiger partial charge in [-0.1, -0.05) is 18.2 Å². The van der Waals surface area contributed by atoms with E-state index in [1.54, 1.807) is 23.0 Å². The monoisotopic (exact) mass is 338 g/mol. The fourth-order valence-corrected chi connectivity index (χ4v) is 3.06. The van der Waals surface area contributed by atoms with Crippen LogP contribution in [0.5, 0.6) is 0 Å². The van der Waals surface area contributed by atoms with E-state index < -0.39 is 0 Å². The van der Waals surface area contributed by atoms with E-state index in [1.807, 2.05) is 41.4 Å². The van der Waals surface area contributed by atoms with Crippen molar-refractivity contribution in [1.82, 2.24) is 14.7 Å². The zero-order chi connectivity index (χ0) is 17.6. The average molecular weight is 338 g/mol. The van der Waals surface area contributed by atoms with Crippen molar-refractivity contribution >= 4 is 17.9 Å². The largest absolute Gasteiger partial charge is 0.370 e. The van der Waals surface area contributed by atoms with Crippen LogP contribution in [0.3, 0.4) is 0 Å². The fraction of sp³-hybridized carbons (Fsp3) is 0.316. The number of nitrogens with two attached hydrogens (primary N) is 1. The Kier molecular flexibility index (Phi) is 5.28. The van der Waals surface area contributed by atoms with Crippen LogP contribution in [0.1, 0.15) is 24.8 Å². The molecule has 0 spiro atoms. The maximum Gasteiger partial charge on any atom is 0.246 e. The molecule has 2 amide bonds. The van der Waals surface area contributed by atoms with Crippen molar-refractivity contribution in [1.29, 1.82) is 0 Å². The Morgan fingerprint density at radius 3 is 2.60 bits per heavy atom. The molecule has 0 aliphatic carbocycles. The van der Waals surface area contributed by atoms with Gasteiger partial charge in [0.1, 0.15) is 0 Å². The third-order valence-corrected chi connectivity index (χ3v) is 4.46. The summed E-state index contributed by atoms with van der Waals surface area (Å²) in [6, 6.07) is 9.82. The van der Waals surface area contributed by atoms with Crippen LogP contribution in [0.25, 0.3) is 11.8 Å². The standard InChI is InChI=1S/C19H22N4O2/c20-18(24)12-15-8-10-22(11-9-15)19(25)7-6-16-13-21-23(14-16)17-4-2-1-3-5-17/h1-7,13-15H,8-12H2,(H2,20,24)/b7-6-. The molecule has 1 aliphatic rings. The highest BCUT2D eigenvalue weighted by Crippen LogP contribution is 2.20. The molecule has 1 aromatic carbocycles. The summed E-state index contributed by atoms with van der Waals surface area (Å²) in [5.74, 6) is 0.0275. The van der Waals surface area contributed by atoms with E-state index in [-0.39, 0.29) is 11.8 Å². The molecule has 2 N–H and O–H groups in total. The van der Waals surface area contributed by atoms with Crippen LogP contribution >= 0.6 is 0 Å². The zero-order valence-electron chi connectivity index (χ0n) is 14.0. The van der Waals surface area contributed by atoms with Crippen LogP contribution in [0.4, 0.5) is 0 Å². The van der Waals surface area contributed by atoms with Gasteiger partial charge in [0.05, 0.1) is 11.9 Å². The van der Waals surface area contributed by atoms with Gasteiger partial charge in [0.2, 0.25) is 11.8 Å². The molecule has 2 heterocycles. The first-order valence-electron chi connectivity index (χ1n) is 8.47. The van der Waals surface area contributed by atoms with Gasteiger partial charge in [-0.2, -0.15) is 5.10 Å². The summed E-state index contributed by atoms with van der Waals surface area (Å²) < 4.78 is 1.78. The van der Waals surface area contributed by atoms with Crippen LogP contribution in [-0.4, -0.2) is 39.6 Å². The summed E-state index contributed by atoms with van der Waals surface area (Å²) in [5.41, 5.74) is 7.09. The van der Waals surface area contributed by atoms with Crippen molar-refractivity contribution in [2.45, 2.75) is 19.3 Å². The fourth-order valence-electron chi connectivity index (χ4n) is 3.06.